The van der Waals surface area contributed by atoms with Gasteiger partial charge in [-0.05, 0) is 0 Å². The van der Waals surface area contributed by atoms with Crippen LogP contribution in [0.3, 0.4) is 0 Å². The van der Waals surface area contributed by atoms with Crippen molar-refractivity contribution in [3.63, 3.8) is 0 Å². The van der Waals surface area contributed by atoms with Crippen LogP contribution in [0.4, 0.5) is 0 Å². The summed E-state index contributed by atoms with van der Waals surface area (Å²) in [5.74, 6) is 0. The molecule has 84 valence electrons. The van der Waals surface area contributed by atoms with Gasteiger partial charge in [-0.15, -0.1) is 0 Å². The van der Waals surface area contributed by atoms with Crippen LogP contribution in [0.25, 0.3) is 0 Å². The predicted octanol–water partition coefficient (Wildman–Crippen LogP) is -2.53. The van der Waals surface area contributed by atoms with Crippen molar-refractivity contribution in [2.45, 2.75) is 36.6 Å². The second kappa shape index (κ2) is 4.52. The van der Waals surface area contributed by atoms with E-state index >= 15 is 0 Å². The first-order valence-electron chi connectivity index (χ1n) is 4.32. The molecule has 0 saturated heterocycles. The average Bonchev–Trinajstić information content (AvgIpc) is 2.17. The lowest BCUT2D eigenvalue weighted by molar-refractivity contribution is -0.235. The van der Waals surface area contributed by atoms with Crippen LogP contribution >= 0.6 is 0 Å². The number of rotatable bonds is 2. The molecule has 0 bridgehead atoms. The summed E-state index contributed by atoms with van der Waals surface area (Å²) in [5.41, 5.74) is 0. The van der Waals surface area contributed by atoms with Gasteiger partial charge in [0.25, 0.3) is 0 Å². The molecule has 0 heterocycles. The van der Waals surface area contributed by atoms with Crippen LogP contribution in [-0.2, 0) is 9.47 Å². The highest BCUT2D eigenvalue weighted by molar-refractivity contribution is 4.99. The number of methoxy groups -OCH3 is 2. The van der Waals surface area contributed by atoms with Crippen molar-refractivity contribution < 1.29 is 29.9 Å². The van der Waals surface area contributed by atoms with Crippen LogP contribution in [-0.4, -0.2) is 71.3 Å². The van der Waals surface area contributed by atoms with E-state index in [4.69, 9.17) is 9.47 Å². The molecular weight excluding hydrogens is 192 g/mol. The summed E-state index contributed by atoms with van der Waals surface area (Å²) < 4.78 is 9.55. The second-order valence-electron chi connectivity index (χ2n) is 3.36. The molecule has 1 rings (SSSR count). The Hall–Kier alpha value is -0.240. The molecule has 0 radical (unpaired) electrons. The minimum Gasteiger partial charge on any atom is -0.387 e. The standard InChI is InChI=1S/C8H16O6/c1-13-7-3(9)5(11)8(14-2)6(12)4(7)10/h3-12H,1-2H3/t3-,4-,5-,6-,7?,8?/m0/s1. The Bertz CT molecular complexity index is 151. The van der Waals surface area contributed by atoms with E-state index in [1.54, 1.807) is 0 Å². The van der Waals surface area contributed by atoms with Crippen LogP contribution in [0.2, 0.25) is 0 Å². The third kappa shape index (κ3) is 1.77. The zero-order valence-corrected chi connectivity index (χ0v) is 8.07. The van der Waals surface area contributed by atoms with Crippen molar-refractivity contribution in [3.05, 3.63) is 0 Å². The van der Waals surface area contributed by atoms with Gasteiger partial charge in [0.15, 0.2) is 0 Å². The molecule has 1 saturated carbocycles. The molecule has 0 spiro atoms. The maximum atomic E-state index is 9.50. The first-order valence-corrected chi connectivity index (χ1v) is 4.32. The predicted molar refractivity (Wildman–Crippen MR) is 45.6 cm³/mol. The smallest absolute Gasteiger partial charge is 0.114 e. The number of hydrogen-bond acceptors (Lipinski definition) is 6. The Morgan fingerprint density at radius 2 is 0.857 bits per heavy atom. The molecule has 0 aliphatic heterocycles. The van der Waals surface area contributed by atoms with Crippen molar-refractivity contribution in [2.24, 2.45) is 0 Å². The number of aliphatic hydroxyl groups excluding tert-OH is 4. The monoisotopic (exact) mass is 208 g/mol. The van der Waals surface area contributed by atoms with Crippen molar-refractivity contribution >= 4 is 0 Å². The van der Waals surface area contributed by atoms with E-state index in [9.17, 15) is 20.4 Å². The lowest BCUT2D eigenvalue weighted by atomic mass is 9.85. The van der Waals surface area contributed by atoms with Crippen molar-refractivity contribution in [2.75, 3.05) is 14.2 Å². The summed E-state index contributed by atoms with van der Waals surface area (Å²) >= 11 is 0. The van der Waals surface area contributed by atoms with Crippen LogP contribution in [0.15, 0.2) is 0 Å². The lowest BCUT2D eigenvalue weighted by Gasteiger charge is -2.42. The van der Waals surface area contributed by atoms with Gasteiger partial charge in [-0.25, -0.2) is 0 Å². The Balaban J connectivity index is 2.81. The number of hydrogen-bond donors (Lipinski definition) is 4. The molecule has 14 heavy (non-hydrogen) atoms. The molecule has 0 aromatic carbocycles. The van der Waals surface area contributed by atoms with E-state index in [2.05, 4.69) is 0 Å². The number of aliphatic hydroxyl groups is 4. The Morgan fingerprint density at radius 3 is 1.00 bits per heavy atom. The lowest BCUT2D eigenvalue weighted by Crippen LogP contribution is -2.64. The van der Waals surface area contributed by atoms with Gasteiger partial charge in [-0.1, -0.05) is 0 Å². The Kier molecular flexibility index (Phi) is 3.82. The van der Waals surface area contributed by atoms with Gasteiger partial charge in [-0.3, -0.25) is 0 Å². The van der Waals surface area contributed by atoms with Gasteiger partial charge in [0, 0.05) is 14.2 Å². The maximum absolute atomic E-state index is 9.50. The molecule has 6 heteroatoms. The molecule has 1 aliphatic rings. The molecule has 0 amide bonds. The molecule has 0 aromatic rings. The fraction of sp³-hybridized carbons (Fsp3) is 1.00. The summed E-state index contributed by atoms with van der Waals surface area (Å²) in [6.45, 7) is 0. The van der Waals surface area contributed by atoms with E-state index in [-0.39, 0.29) is 0 Å². The van der Waals surface area contributed by atoms with E-state index in [1.807, 2.05) is 0 Å². The van der Waals surface area contributed by atoms with Crippen LogP contribution in [0.1, 0.15) is 0 Å². The van der Waals surface area contributed by atoms with Crippen molar-refractivity contribution in [1.29, 1.82) is 0 Å². The minimum absolute atomic E-state index is 1.01. The molecule has 4 atom stereocenters. The van der Waals surface area contributed by atoms with Crippen molar-refractivity contribution in [3.8, 4) is 0 Å². The fourth-order valence-electron chi connectivity index (χ4n) is 1.74. The summed E-state index contributed by atoms with van der Waals surface area (Å²) in [6, 6.07) is 0. The molecule has 0 unspecified atom stereocenters. The highest BCUT2D eigenvalue weighted by Crippen LogP contribution is 2.24. The zero-order valence-electron chi connectivity index (χ0n) is 8.07. The van der Waals surface area contributed by atoms with Crippen molar-refractivity contribution in [1.82, 2.24) is 0 Å². The molecule has 6 nitrogen and oxygen atoms in total. The van der Waals surface area contributed by atoms with Crippen LogP contribution < -0.4 is 0 Å². The minimum atomic E-state index is -1.27. The molecular formula is C8H16O6. The van der Waals surface area contributed by atoms with Crippen LogP contribution in [0, 0.1) is 0 Å². The van der Waals surface area contributed by atoms with E-state index in [0.29, 0.717) is 0 Å². The first-order chi connectivity index (χ1) is 6.54. The van der Waals surface area contributed by atoms with Gasteiger partial charge in [0.1, 0.15) is 36.6 Å². The highest BCUT2D eigenvalue weighted by atomic mass is 16.5. The van der Waals surface area contributed by atoms with Gasteiger partial charge in [0.05, 0.1) is 0 Å². The van der Waals surface area contributed by atoms with Crippen LogP contribution in [0.5, 0.6) is 0 Å². The normalized spacial score (nSPS) is 49.3. The van der Waals surface area contributed by atoms with Gasteiger partial charge in [-0.2, -0.15) is 0 Å². The topological polar surface area (TPSA) is 99.4 Å². The zero-order chi connectivity index (χ0) is 10.9. The fourth-order valence-corrected chi connectivity index (χ4v) is 1.74. The summed E-state index contributed by atoms with van der Waals surface area (Å²) in [5, 5.41) is 38.0. The quantitative estimate of drug-likeness (QED) is 0.399. The molecule has 0 aromatic heterocycles. The SMILES string of the molecule is COC1[C@@H](O)[C@H](O)C(OC)[C@@H](O)[C@@H]1O. The van der Waals surface area contributed by atoms with E-state index < -0.39 is 36.6 Å². The molecule has 4 N–H and O–H groups in total. The largest absolute Gasteiger partial charge is 0.387 e. The summed E-state index contributed by atoms with van der Waals surface area (Å²) in [6.07, 6.45) is -7.11. The van der Waals surface area contributed by atoms with E-state index in [0.717, 1.165) is 0 Å². The third-order valence-electron chi connectivity index (χ3n) is 2.59. The third-order valence-corrected chi connectivity index (χ3v) is 2.59. The summed E-state index contributed by atoms with van der Waals surface area (Å²) in [7, 11) is 2.56. The van der Waals surface area contributed by atoms with E-state index in [1.165, 1.54) is 14.2 Å². The second-order valence-corrected chi connectivity index (χ2v) is 3.36. The Morgan fingerprint density at radius 1 is 0.643 bits per heavy atom. The highest BCUT2D eigenvalue weighted by Gasteiger charge is 2.49. The Labute approximate surface area is 81.7 Å². The summed E-state index contributed by atoms with van der Waals surface area (Å²) in [4.78, 5) is 0. The number of ether oxygens (including phenoxy) is 2. The van der Waals surface area contributed by atoms with Gasteiger partial charge < -0.3 is 29.9 Å². The van der Waals surface area contributed by atoms with Gasteiger partial charge >= 0.3 is 0 Å². The average molecular weight is 208 g/mol. The maximum Gasteiger partial charge on any atom is 0.114 e. The molecule has 1 aliphatic carbocycles. The van der Waals surface area contributed by atoms with Gasteiger partial charge in [0.2, 0.25) is 0 Å². The first kappa shape index (κ1) is 11.8. The molecule has 1 fully saturated rings.